The number of carbonyl (C=O) groups is 1. The maximum absolute atomic E-state index is 11.7. The molecule has 1 N–H and O–H groups in total. The largest absolute Gasteiger partial charge is 0.379 e. The molecule has 0 bridgehead atoms. The number of nitrogens with one attached hydrogen (secondary N) is 1. The van der Waals surface area contributed by atoms with Gasteiger partial charge >= 0.3 is 0 Å². The molecule has 2 unspecified atom stereocenters. The van der Waals surface area contributed by atoms with Crippen LogP contribution in [0.4, 0.5) is 0 Å². The normalized spacial score (nSPS) is 23.4. The van der Waals surface area contributed by atoms with E-state index in [-0.39, 0.29) is 17.6 Å². The minimum atomic E-state index is -0.175. The van der Waals surface area contributed by atoms with Crippen LogP contribution in [0.5, 0.6) is 0 Å². The molecule has 3 heteroatoms. The first-order valence-corrected chi connectivity index (χ1v) is 6.88. The van der Waals surface area contributed by atoms with Crippen molar-refractivity contribution in [3.63, 3.8) is 0 Å². The topological polar surface area (TPSA) is 38.3 Å². The quantitative estimate of drug-likeness (QED) is 0.884. The minimum Gasteiger partial charge on any atom is -0.379 e. The van der Waals surface area contributed by atoms with Crippen LogP contribution in [0, 0.1) is 5.92 Å². The van der Waals surface area contributed by atoms with E-state index in [0.717, 1.165) is 12.8 Å². The Morgan fingerprint density at radius 3 is 2.63 bits per heavy atom. The second-order valence-corrected chi connectivity index (χ2v) is 6.00. The van der Waals surface area contributed by atoms with Gasteiger partial charge in [0.25, 0.3) is 0 Å². The van der Waals surface area contributed by atoms with Crippen LogP contribution in [0.15, 0.2) is 30.3 Å². The zero-order chi connectivity index (χ0) is 13.9. The third-order valence-corrected chi connectivity index (χ3v) is 3.97. The van der Waals surface area contributed by atoms with Gasteiger partial charge in [0.1, 0.15) is 0 Å². The molecule has 0 spiro atoms. The Hall–Kier alpha value is -1.35. The lowest BCUT2D eigenvalue weighted by Crippen LogP contribution is -2.35. The summed E-state index contributed by atoms with van der Waals surface area (Å²) < 4.78 is 5.49. The van der Waals surface area contributed by atoms with Gasteiger partial charge in [0.15, 0.2) is 0 Å². The standard InChI is InChI=1S/C16H23NO2/c1-16(2,19-3)11-13-10-15(18)17-14(13)9-12-7-5-4-6-8-12/h4-8,13-14H,9-11H2,1-3H3,(H,17,18). The molecule has 2 atom stereocenters. The molecule has 0 aliphatic carbocycles. The second-order valence-electron chi connectivity index (χ2n) is 6.00. The summed E-state index contributed by atoms with van der Waals surface area (Å²) in [4.78, 5) is 11.7. The smallest absolute Gasteiger partial charge is 0.220 e. The number of methoxy groups -OCH3 is 1. The highest BCUT2D eigenvalue weighted by Gasteiger charge is 2.36. The molecule has 2 rings (SSSR count). The molecule has 1 aliphatic heterocycles. The fraction of sp³-hybridized carbons (Fsp3) is 0.562. The van der Waals surface area contributed by atoms with E-state index in [1.54, 1.807) is 7.11 Å². The summed E-state index contributed by atoms with van der Waals surface area (Å²) in [5.41, 5.74) is 1.10. The Bertz CT molecular complexity index is 428. The van der Waals surface area contributed by atoms with Crippen molar-refractivity contribution in [2.24, 2.45) is 5.92 Å². The number of benzene rings is 1. The zero-order valence-electron chi connectivity index (χ0n) is 12.0. The first kappa shape index (κ1) is 14.1. The zero-order valence-corrected chi connectivity index (χ0v) is 12.0. The van der Waals surface area contributed by atoms with Crippen molar-refractivity contribution in [1.82, 2.24) is 5.32 Å². The maximum Gasteiger partial charge on any atom is 0.220 e. The van der Waals surface area contributed by atoms with Gasteiger partial charge < -0.3 is 10.1 Å². The Balaban J connectivity index is 2.03. The number of carbonyl (C=O) groups excluding carboxylic acids is 1. The van der Waals surface area contributed by atoms with Crippen molar-refractivity contribution in [2.45, 2.75) is 44.8 Å². The minimum absolute atomic E-state index is 0.165. The molecule has 1 heterocycles. The Kier molecular flexibility index (Phi) is 4.25. The molecule has 0 saturated carbocycles. The monoisotopic (exact) mass is 261 g/mol. The number of ether oxygens (including phenoxy) is 1. The van der Waals surface area contributed by atoms with Gasteiger partial charge in [0, 0.05) is 19.6 Å². The first-order chi connectivity index (χ1) is 9.00. The molecule has 1 aliphatic rings. The van der Waals surface area contributed by atoms with Gasteiger partial charge in [-0.25, -0.2) is 0 Å². The number of hydrogen-bond donors (Lipinski definition) is 1. The lowest BCUT2D eigenvalue weighted by atomic mass is 9.85. The summed E-state index contributed by atoms with van der Waals surface area (Å²) in [5.74, 6) is 0.514. The fourth-order valence-corrected chi connectivity index (χ4v) is 2.78. The predicted octanol–water partition coefficient (Wildman–Crippen LogP) is 2.55. The van der Waals surface area contributed by atoms with Gasteiger partial charge in [-0.2, -0.15) is 0 Å². The van der Waals surface area contributed by atoms with Crippen LogP contribution in [0.1, 0.15) is 32.3 Å². The summed E-state index contributed by atoms with van der Waals surface area (Å²) in [6.07, 6.45) is 2.42. The molecule has 1 aromatic carbocycles. The van der Waals surface area contributed by atoms with E-state index in [1.807, 2.05) is 18.2 Å². The molecule has 104 valence electrons. The molecule has 1 aromatic rings. The highest BCUT2D eigenvalue weighted by molar-refractivity contribution is 5.79. The van der Waals surface area contributed by atoms with Crippen LogP contribution in [0.25, 0.3) is 0 Å². The molecule has 0 radical (unpaired) electrons. The van der Waals surface area contributed by atoms with Crippen LogP contribution in [-0.4, -0.2) is 24.7 Å². The predicted molar refractivity (Wildman–Crippen MR) is 75.9 cm³/mol. The highest BCUT2D eigenvalue weighted by Crippen LogP contribution is 2.29. The lowest BCUT2D eigenvalue weighted by Gasteiger charge is -2.29. The highest BCUT2D eigenvalue weighted by atomic mass is 16.5. The van der Waals surface area contributed by atoms with Crippen molar-refractivity contribution in [3.8, 4) is 0 Å². The molecule has 1 amide bonds. The fourth-order valence-electron chi connectivity index (χ4n) is 2.78. The third-order valence-electron chi connectivity index (χ3n) is 3.97. The molecule has 0 aromatic heterocycles. The molecular formula is C16H23NO2. The van der Waals surface area contributed by atoms with Gasteiger partial charge in [-0.05, 0) is 38.2 Å². The van der Waals surface area contributed by atoms with Gasteiger partial charge in [0.2, 0.25) is 5.91 Å². The van der Waals surface area contributed by atoms with Crippen LogP contribution in [0.3, 0.4) is 0 Å². The van der Waals surface area contributed by atoms with Gasteiger partial charge in [-0.1, -0.05) is 30.3 Å². The SMILES string of the molecule is COC(C)(C)CC1CC(=O)NC1Cc1ccccc1. The average Bonchev–Trinajstić information content (AvgIpc) is 2.70. The van der Waals surface area contributed by atoms with Crippen molar-refractivity contribution >= 4 is 5.91 Å². The van der Waals surface area contributed by atoms with E-state index in [0.29, 0.717) is 12.3 Å². The molecule has 19 heavy (non-hydrogen) atoms. The van der Waals surface area contributed by atoms with Gasteiger partial charge in [-0.15, -0.1) is 0 Å². The first-order valence-electron chi connectivity index (χ1n) is 6.88. The van der Waals surface area contributed by atoms with Crippen molar-refractivity contribution in [1.29, 1.82) is 0 Å². The van der Waals surface area contributed by atoms with E-state index in [4.69, 9.17) is 4.74 Å². The molecule has 1 fully saturated rings. The van der Waals surface area contributed by atoms with Crippen molar-refractivity contribution in [3.05, 3.63) is 35.9 Å². The van der Waals surface area contributed by atoms with Gasteiger partial charge in [0.05, 0.1) is 5.60 Å². The van der Waals surface area contributed by atoms with Crippen molar-refractivity contribution < 1.29 is 9.53 Å². The van der Waals surface area contributed by atoms with Crippen molar-refractivity contribution in [2.75, 3.05) is 7.11 Å². The average molecular weight is 261 g/mol. The van der Waals surface area contributed by atoms with Crippen LogP contribution < -0.4 is 5.32 Å². The van der Waals surface area contributed by atoms with E-state index in [9.17, 15) is 4.79 Å². The summed E-state index contributed by atoms with van der Waals surface area (Å²) in [7, 11) is 1.73. The Labute approximate surface area is 115 Å². The third kappa shape index (κ3) is 3.80. The summed E-state index contributed by atoms with van der Waals surface area (Å²) in [6, 6.07) is 10.6. The van der Waals surface area contributed by atoms with E-state index >= 15 is 0 Å². The van der Waals surface area contributed by atoms with Crippen LogP contribution in [0.2, 0.25) is 0 Å². The van der Waals surface area contributed by atoms with E-state index < -0.39 is 0 Å². The van der Waals surface area contributed by atoms with Crippen LogP contribution >= 0.6 is 0 Å². The maximum atomic E-state index is 11.7. The van der Waals surface area contributed by atoms with Crippen LogP contribution in [-0.2, 0) is 16.0 Å². The van der Waals surface area contributed by atoms with E-state index in [1.165, 1.54) is 5.56 Å². The molecule has 1 saturated heterocycles. The van der Waals surface area contributed by atoms with Gasteiger partial charge in [-0.3, -0.25) is 4.79 Å². The summed E-state index contributed by atoms with van der Waals surface area (Å²) in [6.45, 7) is 4.16. The second kappa shape index (κ2) is 5.74. The summed E-state index contributed by atoms with van der Waals surface area (Å²) >= 11 is 0. The number of amides is 1. The Morgan fingerprint density at radius 1 is 1.32 bits per heavy atom. The summed E-state index contributed by atoms with van der Waals surface area (Å²) in [5, 5.41) is 3.10. The molecule has 3 nitrogen and oxygen atoms in total. The Morgan fingerprint density at radius 2 is 2.00 bits per heavy atom. The lowest BCUT2D eigenvalue weighted by molar-refractivity contribution is -0.119. The molecular weight excluding hydrogens is 238 g/mol. The number of rotatable bonds is 5. The van der Waals surface area contributed by atoms with E-state index in [2.05, 4.69) is 31.3 Å². The number of hydrogen-bond acceptors (Lipinski definition) is 2.